The third kappa shape index (κ3) is 9.82. The smallest absolute Gasteiger partial charge is 0.245 e. The molecule has 0 spiro atoms. The van der Waals surface area contributed by atoms with Crippen molar-refractivity contribution in [3.05, 3.63) is 65.9 Å². The van der Waals surface area contributed by atoms with E-state index in [1.54, 1.807) is 7.05 Å². The number of fused-ring (bicyclic) bond motifs is 1. The highest BCUT2D eigenvalue weighted by atomic mass is 32.1. The van der Waals surface area contributed by atoms with Gasteiger partial charge in [0.2, 0.25) is 17.7 Å². The van der Waals surface area contributed by atoms with Crippen molar-refractivity contribution < 1.29 is 14.4 Å². The summed E-state index contributed by atoms with van der Waals surface area (Å²) >= 11 is 4.52. The third-order valence-electron chi connectivity index (χ3n) is 7.66. The van der Waals surface area contributed by atoms with E-state index in [1.807, 2.05) is 61.7 Å². The van der Waals surface area contributed by atoms with Crippen LogP contribution in [0.4, 0.5) is 0 Å². The molecule has 8 N–H and O–H groups in total. The number of hydrogen-bond acceptors (Lipinski definition) is 7. The van der Waals surface area contributed by atoms with E-state index in [1.165, 1.54) is 4.90 Å². The molecule has 1 heterocycles. The molecule has 0 unspecified atom stereocenters. The van der Waals surface area contributed by atoms with E-state index < -0.39 is 18.1 Å². The molecule has 3 aromatic rings. The van der Waals surface area contributed by atoms with Crippen molar-refractivity contribution in [3.63, 3.8) is 0 Å². The zero-order chi connectivity index (χ0) is 31.2. The summed E-state index contributed by atoms with van der Waals surface area (Å²) in [7, 11) is 1.63. The monoisotopic (exact) mass is 609 g/mol. The van der Waals surface area contributed by atoms with E-state index in [0.29, 0.717) is 64.7 Å². The normalized spacial score (nSPS) is 13.3. The van der Waals surface area contributed by atoms with Crippen molar-refractivity contribution in [2.75, 3.05) is 26.7 Å². The van der Waals surface area contributed by atoms with Gasteiger partial charge in [-0.3, -0.25) is 14.4 Å². The van der Waals surface area contributed by atoms with Gasteiger partial charge in [-0.2, -0.15) is 0 Å². The van der Waals surface area contributed by atoms with Crippen molar-refractivity contribution in [3.8, 4) is 0 Å². The lowest BCUT2D eigenvalue weighted by molar-refractivity contribution is -0.142. The number of unbranched alkanes of at least 4 members (excludes halogenated alkanes) is 1. The van der Waals surface area contributed by atoms with Crippen LogP contribution in [-0.4, -0.2) is 72.4 Å². The van der Waals surface area contributed by atoms with Crippen LogP contribution in [0.25, 0.3) is 10.9 Å². The summed E-state index contributed by atoms with van der Waals surface area (Å²) in [5.41, 5.74) is 14.4. The van der Waals surface area contributed by atoms with E-state index >= 15 is 0 Å². The van der Waals surface area contributed by atoms with E-state index in [-0.39, 0.29) is 17.7 Å². The van der Waals surface area contributed by atoms with E-state index in [2.05, 4.69) is 33.6 Å². The van der Waals surface area contributed by atoms with Crippen molar-refractivity contribution >= 4 is 41.3 Å². The average molecular weight is 610 g/mol. The summed E-state index contributed by atoms with van der Waals surface area (Å²) in [6.07, 6.45) is 5.14. The Bertz CT molecular complexity index is 1330. The van der Waals surface area contributed by atoms with Gasteiger partial charge < -0.3 is 37.3 Å². The number of benzene rings is 2. The van der Waals surface area contributed by atoms with Gasteiger partial charge in [-0.25, -0.2) is 0 Å². The third-order valence-corrected chi connectivity index (χ3v) is 8.10. The van der Waals surface area contributed by atoms with Crippen LogP contribution in [0.15, 0.2) is 59.6 Å². The molecule has 0 fully saturated rings. The molecular formula is C32H47N7O3S. The summed E-state index contributed by atoms with van der Waals surface area (Å²) in [4.78, 5) is 46.5. The molecule has 43 heavy (non-hydrogen) atoms. The van der Waals surface area contributed by atoms with Crippen molar-refractivity contribution in [1.29, 1.82) is 0 Å². The number of nitrogens with zero attached hydrogens (tertiary/aromatic N) is 1. The van der Waals surface area contributed by atoms with Crippen LogP contribution in [0.3, 0.4) is 0 Å². The quantitative estimate of drug-likeness (QED) is 0.0867. The van der Waals surface area contributed by atoms with E-state index in [0.717, 1.165) is 26.9 Å². The Labute approximate surface area is 260 Å². The number of likely N-dealkylation sites (N-methyl/N-ethyl adjacent to an activating group) is 2. The second kappa shape index (κ2) is 17.7. The Morgan fingerprint density at radius 2 is 1.60 bits per heavy atom. The maximum Gasteiger partial charge on any atom is 0.245 e. The molecular weight excluding hydrogens is 562 g/mol. The number of carbonyl (C=O) groups excluding carboxylic acids is 3. The second-order valence-corrected chi connectivity index (χ2v) is 11.2. The molecule has 0 aliphatic rings. The first kappa shape index (κ1) is 34.1. The highest BCUT2D eigenvalue weighted by Crippen LogP contribution is 2.21. The number of carbonyl (C=O) groups is 3. The molecule has 0 saturated carbocycles. The van der Waals surface area contributed by atoms with Gasteiger partial charge in [-0.05, 0) is 75.4 Å². The summed E-state index contributed by atoms with van der Waals surface area (Å²) in [5, 5.41) is 10.2. The van der Waals surface area contributed by atoms with Crippen LogP contribution in [0.2, 0.25) is 0 Å². The largest absolute Gasteiger partial charge is 0.361 e. The van der Waals surface area contributed by atoms with Crippen LogP contribution in [0, 0.1) is 0 Å². The molecule has 0 bridgehead atoms. The number of hydrogen-bond donors (Lipinski definition) is 7. The molecule has 1 aromatic heterocycles. The van der Waals surface area contributed by atoms with Crippen molar-refractivity contribution in [1.82, 2.24) is 25.8 Å². The van der Waals surface area contributed by atoms with Gasteiger partial charge in [0.05, 0.1) is 6.04 Å². The molecule has 3 rings (SSSR count). The van der Waals surface area contributed by atoms with Gasteiger partial charge in [-0.15, -0.1) is 12.6 Å². The molecule has 0 saturated heterocycles. The van der Waals surface area contributed by atoms with Crippen LogP contribution in [0.5, 0.6) is 0 Å². The Morgan fingerprint density at radius 1 is 0.907 bits per heavy atom. The fourth-order valence-electron chi connectivity index (χ4n) is 5.17. The van der Waals surface area contributed by atoms with Crippen LogP contribution in [-0.2, 0) is 27.3 Å². The molecule has 3 amide bonds. The highest BCUT2D eigenvalue weighted by Gasteiger charge is 2.33. The molecule has 11 heteroatoms. The molecule has 0 aliphatic heterocycles. The van der Waals surface area contributed by atoms with Gasteiger partial charge in [0.15, 0.2) is 0 Å². The molecule has 3 atom stereocenters. The predicted octanol–water partition coefficient (Wildman–Crippen LogP) is 2.47. The number of aromatic nitrogens is 1. The molecule has 0 radical (unpaired) electrons. The minimum absolute atomic E-state index is 0.247. The summed E-state index contributed by atoms with van der Waals surface area (Å²) < 4.78 is 0. The number of rotatable bonds is 18. The van der Waals surface area contributed by atoms with E-state index in [4.69, 9.17) is 11.5 Å². The zero-order valence-corrected chi connectivity index (χ0v) is 26.2. The maximum absolute atomic E-state index is 14.0. The van der Waals surface area contributed by atoms with Crippen molar-refractivity contribution in [2.24, 2.45) is 11.5 Å². The minimum Gasteiger partial charge on any atom is -0.361 e. The van der Waals surface area contributed by atoms with Crippen LogP contribution in [0.1, 0.15) is 50.2 Å². The Balaban J connectivity index is 1.81. The predicted molar refractivity (Wildman–Crippen MR) is 175 cm³/mol. The van der Waals surface area contributed by atoms with E-state index in [9.17, 15) is 14.4 Å². The number of para-hydroxylation sites is 1. The molecule has 0 aliphatic carbocycles. The molecule has 10 nitrogen and oxygen atoms in total. The first-order valence-corrected chi connectivity index (χ1v) is 15.6. The number of amides is 3. The number of thiol groups is 1. The lowest BCUT2D eigenvalue weighted by Gasteiger charge is -2.32. The number of H-pyrrole nitrogens is 1. The van der Waals surface area contributed by atoms with Gasteiger partial charge in [0.1, 0.15) is 12.1 Å². The standard InChI is InChI=1S/C32H47N7O3S/c1-3-35-31(41)28(19-23-21-36-25-13-6-5-12-24(23)25)39(2)32(42)27(14-8-9-17-33)38-30(40)26(15-10-18-34)37-20-22-11-4-7-16-29(22)43/h4-7,11-13,16,21,26-28,36-37,43H,3,8-10,14-15,17-20,33-34H2,1-2H3,(H,35,41)(H,38,40)/t26-,27-,28-/m0/s1. The Hall–Kier alpha value is -3.38. The fraction of sp³-hybridized carbons (Fsp3) is 0.469. The van der Waals surface area contributed by atoms with Gasteiger partial charge in [-0.1, -0.05) is 36.4 Å². The Kier molecular flexibility index (Phi) is 14.0. The number of nitrogens with one attached hydrogen (secondary N) is 4. The SMILES string of the molecule is CCNC(=O)[C@H](Cc1c[nH]c2ccccc12)N(C)C(=O)[C@H](CCCCN)NC(=O)[C@H](CCCN)NCc1ccccc1S. The van der Waals surface area contributed by atoms with Crippen molar-refractivity contribution in [2.45, 2.75) is 75.0 Å². The first-order chi connectivity index (χ1) is 20.8. The highest BCUT2D eigenvalue weighted by molar-refractivity contribution is 7.80. The summed E-state index contributed by atoms with van der Waals surface area (Å²) in [5.74, 6) is -0.848. The van der Waals surface area contributed by atoms with Gasteiger partial charge in [0, 0.05) is 48.6 Å². The molecule has 2 aromatic carbocycles. The van der Waals surface area contributed by atoms with Gasteiger partial charge >= 0.3 is 0 Å². The summed E-state index contributed by atoms with van der Waals surface area (Å²) in [6, 6.07) is 13.4. The topological polar surface area (TPSA) is 158 Å². The lowest BCUT2D eigenvalue weighted by atomic mass is 10.0. The maximum atomic E-state index is 14.0. The van der Waals surface area contributed by atoms with Crippen LogP contribution >= 0.6 is 12.6 Å². The minimum atomic E-state index is -0.816. The second-order valence-electron chi connectivity index (χ2n) is 10.8. The number of aromatic amines is 1. The fourth-order valence-corrected chi connectivity index (χ4v) is 5.41. The summed E-state index contributed by atoms with van der Waals surface area (Å²) in [6.45, 7) is 3.65. The van der Waals surface area contributed by atoms with Crippen LogP contribution < -0.4 is 27.4 Å². The zero-order valence-electron chi connectivity index (χ0n) is 25.3. The lowest BCUT2D eigenvalue weighted by Crippen LogP contribution is -2.57. The average Bonchev–Trinajstić information content (AvgIpc) is 3.42. The Morgan fingerprint density at radius 3 is 2.33 bits per heavy atom. The van der Waals surface area contributed by atoms with Gasteiger partial charge in [0.25, 0.3) is 0 Å². The first-order valence-electron chi connectivity index (χ1n) is 15.1. The molecule has 234 valence electrons. The number of nitrogens with two attached hydrogens (primary N) is 2.